The molecular formula is C18H25Cl2N3O. The summed E-state index contributed by atoms with van der Waals surface area (Å²) in [5.74, 6) is 1.07. The van der Waals surface area contributed by atoms with Crippen molar-refractivity contribution < 1.29 is 4.74 Å². The number of ether oxygens (including phenoxy) is 1. The van der Waals surface area contributed by atoms with Crippen molar-refractivity contribution >= 4 is 23.2 Å². The maximum absolute atomic E-state index is 8.05. The summed E-state index contributed by atoms with van der Waals surface area (Å²) in [4.78, 5) is 0. The second-order valence-electron chi connectivity index (χ2n) is 5.78. The molecule has 1 atom stereocenters. The fourth-order valence-electron chi connectivity index (χ4n) is 2.11. The Bertz CT molecular complexity index is 690. The van der Waals surface area contributed by atoms with E-state index in [0.717, 1.165) is 11.1 Å². The molecule has 0 fully saturated rings. The Morgan fingerprint density at radius 3 is 2.67 bits per heavy atom. The molecule has 0 radical (unpaired) electrons. The Labute approximate surface area is 153 Å². The summed E-state index contributed by atoms with van der Waals surface area (Å²) >= 11 is 12.1. The number of nitrogens with one attached hydrogen (secondary N) is 1. The molecule has 1 unspecified atom stereocenters. The van der Waals surface area contributed by atoms with E-state index >= 15 is 0 Å². The van der Waals surface area contributed by atoms with Crippen molar-refractivity contribution in [2.75, 3.05) is 5.88 Å². The lowest BCUT2D eigenvalue weighted by Crippen LogP contribution is -2.26. The number of alkyl halides is 1. The smallest absolute Gasteiger partial charge is 0.232 e. The van der Waals surface area contributed by atoms with Crippen molar-refractivity contribution in [1.82, 2.24) is 9.78 Å². The molecule has 0 spiro atoms. The van der Waals surface area contributed by atoms with E-state index in [2.05, 4.69) is 11.7 Å². The largest absolute Gasteiger partial charge is 0.468 e. The van der Waals surface area contributed by atoms with E-state index in [-0.39, 0.29) is 12.0 Å². The molecule has 4 nitrogen and oxygen atoms in total. The predicted octanol–water partition coefficient (Wildman–Crippen LogP) is 4.65. The van der Waals surface area contributed by atoms with E-state index in [1.807, 2.05) is 32.9 Å². The Hall–Kier alpha value is -1.52. The van der Waals surface area contributed by atoms with Crippen molar-refractivity contribution in [2.24, 2.45) is 7.05 Å². The summed E-state index contributed by atoms with van der Waals surface area (Å²) in [5, 5.41) is 12.9. The number of allylic oxidation sites excluding steroid dienone is 4. The second-order valence-corrected chi connectivity index (χ2v) is 6.53. The van der Waals surface area contributed by atoms with Crippen LogP contribution in [0.4, 0.5) is 0 Å². The highest BCUT2D eigenvalue weighted by atomic mass is 35.5. The number of hydrogen-bond acceptors (Lipinski definition) is 3. The van der Waals surface area contributed by atoms with E-state index in [0.29, 0.717) is 28.7 Å². The molecule has 0 saturated heterocycles. The van der Waals surface area contributed by atoms with Crippen LogP contribution in [0.2, 0.25) is 0 Å². The van der Waals surface area contributed by atoms with Crippen LogP contribution in [-0.2, 0) is 7.05 Å². The van der Waals surface area contributed by atoms with Gasteiger partial charge in [-0.3, -0.25) is 5.41 Å². The number of aromatic nitrogens is 2. The number of rotatable bonds is 8. The van der Waals surface area contributed by atoms with Crippen molar-refractivity contribution in [2.45, 2.75) is 39.2 Å². The molecule has 6 heteroatoms. The van der Waals surface area contributed by atoms with Gasteiger partial charge in [0, 0.05) is 24.6 Å². The summed E-state index contributed by atoms with van der Waals surface area (Å²) in [6.45, 7) is 9.65. The zero-order valence-corrected chi connectivity index (χ0v) is 16.2. The maximum Gasteiger partial charge on any atom is 0.232 e. The fraction of sp³-hybridized carbons (Fsp3) is 0.444. The van der Waals surface area contributed by atoms with Crippen LogP contribution in [0.3, 0.4) is 0 Å². The first kappa shape index (κ1) is 20.5. The molecule has 0 aliphatic carbocycles. The molecule has 1 N–H and O–H groups in total. The van der Waals surface area contributed by atoms with Gasteiger partial charge >= 0.3 is 0 Å². The van der Waals surface area contributed by atoms with Crippen molar-refractivity contribution in [3.63, 3.8) is 0 Å². The van der Waals surface area contributed by atoms with Gasteiger partial charge in [-0.1, -0.05) is 37.6 Å². The standard InChI is InChI=1S/C18H25Cl2N3O/c1-6-7-14(8-9-19)10-16(20)13(4)24-17-11-15(12(2)3)18(21)23(5)22-17/h6,8,10-13,21H,1,7,9H2,2-5H3/b14-8-,16-10+,21-18?. The van der Waals surface area contributed by atoms with Gasteiger partial charge in [0.25, 0.3) is 0 Å². The molecule has 0 aliphatic heterocycles. The molecule has 1 rings (SSSR count). The van der Waals surface area contributed by atoms with E-state index in [1.165, 1.54) is 4.68 Å². The van der Waals surface area contributed by atoms with Crippen LogP contribution in [0.1, 0.15) is 38.7 Å². The van der Waals surface area contributed by atoms with Gasteiger partial charge in [0.2, 0.25) is 5.88 Å². The lowest BCUT2D eigenvalue weighted by molar-refractivity contribution is 0.246. The summed E-state index contributed by atoms with van der Waals surface area (Å²) in [6, 6.07) is 1.80. The number of hydrogen-bond donors (Lipinski definition) is 1. The highest BCUT2D eigenvalue weighted by Gasteiger charge is 2.13. The monoisotopic (exact) mass is 369 g/mol. The van der Waals surface area contributed by atoms with Gasteiger partial charge in [0.1, 0.15) is 11.6 Å². The molecule has 1 aromatic heterocycles. The van der Waals surface area contributed by atoms with Gasteiger partial charge in [-0.15, -0.1) is 23.3 Å². The Balaban J connectivity index is 3.02. The third-order valence-electron chi connectivity index (χ3n) is 3.48. The minimum atomic E-state index is -0.362. The summed E-state index contributed by atoms with van der Waals surface area (Å²) in [7, 11) is 1.73. The Morgan fingerprint density at radius 1 is 1.46 bits per heavy atom. The Morgan fingerprint density at radius 2 is 2.12 bits per heavy atom. The van der Waals surface area contributed by atoms with Crippen LogP contribution in [0.25, 0.3) is 0 Å². The molecule has 1 heterocycles. The SMILES string of the molecule is C=CCC(=C/CCl)/C=C(/Cl)C(C)Oc1cc(C(C)C)c(=N)n(C)n1. The van der Waals surface area contributed by atoms with Gasteiger partial charge in [-0.2, -0.15) is 0 Å². The molecule has 0 aliphatic rings. The third-order valence-corrected chi connectivity index (χ3v) is 4.05. The molecular weight excluding hydrogens is 345 g/mol. The molecule has 24 heavy (non-hydrogen) atoms. The van der Waals surface area contributed by atoms with Gasteiger partial charge in [-0.25, -0.2) is 4.68 Å². The van der Waals surface area contributed by atoms with Crippen LogP contribution in [-0.4, -0.2) is 21.8 Å². The summed E-state index contributed by atoms with van der Waals surface area (Å²) in [6.07, 6.45) is 5.86. The van der Waals surface area contributed by atoms with Gasteiger partial charge < -0.3 is 4.74 Å². The maximum atomic E-state index is 8.05. The van der Waals surface area contributed by atoms with E-state index in [4.69, 9.17) is 33.3 Å². The van der Waals surface area contributed by atoms with Crippen LogP contribution in [0.15, 0.2) is 41.5 Å². The first-order valence-corrected chi connectivity index (χ1v) is 8.73. The average Bonchev–Trinajstić information content (AvgIpc) is 2.50. The zero-order valence-electron chi connectivity index (χ0n) is 14.6. The predicted molar refractivity (Wildman–Crippen MR) is 101 cm³/mol. The number of halogens is 2. The summed E-state index contributed by atoms with van der Waals surface area (Å²) < 4.78 is 7.36. The minimum Gasteiger partial charge on any atom is -0.468 e. The van der Waals surface area contributed by atoms with E-state index < -0.39 is 0 Å². The average molecular weight is 370 g/mol. The van der Waals surface area contributed by atoms with Crippen LogP contribution >= 0.6 is 23.2 Å². The van der Waals surface area contributed by atoms with Crippen molar-refractivity contribution in [3.05, 3.63) is 52.5 Å². The lowest BCUT2D eigenvalue weighted by Gasteiger charge is -2.16. The van der Waals surface area contributed by atoms with Gasteiger partial charge in [0.15, 0.2) is 0 Å². The molecule has 0 amide bonds. The highest BCUT2D eigenvalue weighted by Crippen LogP contribution is 2.20. The van der Waals surface area contributed by atoms with Gasteiger partial charge in [-0.05, 0) is 30.9 Å². The van der Waals surface area contributed by atoms with Crippen LogP contribution < -0.4 is 10.2 Å². The quantitative estimate of drug-likeness (QED) is 0.411. The van der Waals surface area contributed by atoms with E-state index in [1.54, 1.807) is 19.2 Å². The molecule has 0 saturated carbocycles. The summed E-state index contributed by atoms with van der Waals surface area (Å²) in [5.41, 5.74) is 2.25. The molecule has 1 aromatic rings. The first-order chi connectivity index (χ1) is 11.3. The third kappa shape index (κ3) is 5.84. The normalized spacial score (nSPS) is 14.0. The highest BCUT2D eigenvalue weighted by molar-refractivity contribution is 6.30. The fourth-order valence-corrected chi connectivity index (χ4v) is 2.49. The zero-order chi connectivity index (χ0) is 18.3. The molecule has 0 aromatic carbocycles. The first-order valence-electron chi connectivity index (χ1n) is 7.82. The van der Waals surface area contributed by atoms with E-state index in [9.17, 15) is 0 Å². The van der Waals surface area contributed by atoms with Crippen LogP contribution in [0, 0.1) is 5.41 Å². The molecule has 132 valence electrons. The van der Waals surface area contributed by atoms with Gasteiger partial charge in [0.05, 0.1) is 5.03 Å². The lowest BCUT2D eigenvalue weighted by atomic mass is 10.1. The minimum absolute atomic E-state index is 0.209. The van der Waals surface area contributed by atoms with Crippen molar-refractivity contribution in [1.29, 1.82) is 5.41 Å². The van der Waals surface area contributed by atoms with Crippen molar-refractivity contribution in [3.8, 4) is 5.88 Å². The molecule has 0 bridgehead atoms. The second kappa shape index (κ2) is 9.70. The van der Waals surface area contributed by atoms with Crippen LogP contribution in [0.5, 0.6) is 5.88 Å². The topological polar surface area (TPSA) is 50.9 Å². The number of nitrogens with zero attached hydrogens (tertiary/aromatic N) is 2. The Kier molecular flexibility index (Phi) is 8.29. The number of aryl methyl sites for hydroxylation is 1.